The second kappa shape index (κ2) is 7.03. The number of hydrogen-bond acceptors (Lipinski definition) is 4. The highest BCUT2D eigenvalue weighted by molar-refractivity contribution is 9.10. The number of H-pyrrole nitrogens is 1. The molecule has 2 N–H and O–H groups in total. The molecule has 0 radical (unpaired) electrons. The molecule has 0 saturated carbocycles. The molecule has 0 aliphatic rings. The van der Waals surface area contributed by atoms with Crippen LogP contribution in [0.1, 0.15) is 23.3 Å². The molecule has 1 aromatic heterocycles. The van der Waals surface area contributed by atoms with Crippen molar-refractivity contribution >= 4 is 26.0 Å². The summed E-state index contributed by atoms with van der Waals surface area (Å²) >= 11 is 3.16. The number of halogens is 2. The zero-order valence-electron chi connectivity index (χ0n) is 13.1. The molecule has 0 spiro atoms. The van der Waals surface area contributed by atoms with E-state index in [4.69, 9.17) is 0 Å². The Kier molecular flexibility index (Phi) is 4.98. The second-order valence-corrected chi connectivity index (χ2v) is 7.92. The largest absolute Gasteiger partial charge is 0.263 e. The second-order valence-electron chi connectivity index (χ2n) is 5.32. The Morgan fingerprint density at radius 3 is 2.56 bits per heavy atom. The summed E-state index contributed by atoms with van der Waals surface area (Å²) in [5, 5.41) is 6.73. The van der Waals surface area contributed by atoms with E-state index in [1.54, 1.807) is 31.2 Å². The first-order chi connectivity index (χ1) is 11.9. The van der Waals surface area contributed by atoms with Crippen molar-refractivity contribution in [3.05, 3.63) is 76.0 Å². The van der Waals surface area contributed by atoms with Crippen molar-refractivity contribution < 1.29 is 12.8 Å². The highest BCUT2D eigenvalue weighted by Crippen LogP contribution is 2.25. The van der Waals surface area contributed by atoms with E-state index in [2.05, 4.69) is 35.8 Å². The summed E-state index contributed by atoms with van der Waals surface area (Å²) < 4.78 is 42.5. The summed E-state index contributed by atoms with van der Waals surface area (Å²) in [6, 6.07) is 11.7. The van der Waals surface area contributed by atoms with Crippen LogP contribution in [0.3, 0.4) is 0 Å². The van der Waals surface area contributed by atoms with E-state index < -0.39 is 26.8 Å². The molecule has 9 heteroatoms. The maximum absolute atomic E-state index is 14.0. The van der Waals surface area contributed by atoms with Crippen LogP contribution < -0.4 is 4.72 Å². The van der Waals surface area contributed by atoms with Crippen molar-refractivity contribution in [3.8, 4) is 0 Å². The van der Waals surface area contributed by atoms with Crippen molar-refractivity contribution in [2.45, 2.75) is 17.9 Å². The molecule has 2 aromatic carbocycles. The maximum Gasteiger partial charge on any atom is 0.244 e. The van der Waals surface area contributed by atoms with E-state index in [-0.39, 0.29) is 5.82 Å². The lowest BCUT2D eigenvalue weighted by molar-refractivity contribution is 0.547. The average Bonchev–Trinajstić information content (AvgIpc) is 3.02. The SMILES string of the molecule is Cc1nc(C(NS(=O)(=O)c2cc(Br)ccc2F)c2ccccc2)n[nH]1. The van der Waals surface area contributed by atoms with E-state index >= 15 is 0 Å². The number of aryl methyl sites for hydroxylation is 1. The van der Waals surface area contributed by atoms with Crippen LogP contribution >= 0.6 is 15.9 Å². The minimum absolute atomic E-state index is 0.252. The van der Waals surface area contributed by atoms with Crippen LogP contribution in [0.5, 0.6) is 0 Å². The topological polar surface area (TPSA) is 87.7 Å². The third kappa shape index (κ3) is 3.94. The summed E-state index contributed by atoms with van der Waals surface area (Å²) in [4.78, 5) is 3.76. The number of rotatable bonds is 5. The number of aromatic amines is 1. The quantitative estimate of drug-likeness (QED) is 0.658. The van der Waals surface area contributed by atoms with E-state index in [1.807, 2.05) is 6.07 Å². The Hall–Kier alpha value is -2.10. The number of nitrogens with zero attached hydrogens (tertiary/aromatic N) is 2. The molecule has 3 aromatic rings. The van der Waals surface area contributed by atoms with E-state index in [0.29, 0.717) is 15.9 Å². The Balaban J connectivity index is 2.04. The highest BCUT2D eigenvalue weighted by atomic mass is 79.9. The van der Waals surface area contributed by atoms with Gasteiger partial charge in [0, 0.05) is 4.47 Å². The van der Waals surface area contributed by atoms with Gasteiger partial charge in [0.1, 0.15) is 22.6 Å². The number of hydrogen-bond donors (Lipinski definition) is 2. The monoisotopic (exact) mass is 424 g/mol. The van der Waals surface area contributed by atoms with Crippen LogP contribution in [-0.2, 0) is 10.0 Å². The van der Waals surface area contributed by atoms with E-state index in [1.165, 1.54) is 12.1 Å². The predicted molar refractivity (Wildman–Crippen MR) is 93.8 cm³/mol. The van der Waals surface area contributed by atoms with Crippen molar-refractivity contribution in [2.24, 2.45) is 0 Å². The van der Waals surface area contributed by atoms with Gasteiger partial charge in [-0.25, -0.2) is 17.8 Å². The first-order valence-electron chi connectivity index (χ1n) is 7.28. The van der Waals surface area contributed by atoms with Gasteiger partial charge >= 0.3 is 0 Å². The average molecular weight is 425 g/mol. The van der Waals surface area contributed by atoms with Gasteiger partial charge in [-0.3, -0.25) is 5.10 Å². The standard InChI is InChI=1S/C16H14BrFN4O2S/c1-10-19-16(21-20-10)15(11-5-3-2-4-6-11)22-25(23,24)14-9-12(17)7-8-13(14)18/h2-9,15,22H,1H3,(H,19,20,21). The fourth-order valence-electron chi connectivity index (χ4n) is 2.31. The molecule has 3 rings (SSSR count). The summed E-state index contributed by atoms with van der Waals surface area (Å²) in [7, 11) is -4.15. The molecule has 0 saturated heterocycles. The van der Waals surface area contributed by atoms with Gasteiger partial charge in [0.15, 0.2) is 5.82 Å². The molecule has 1 heterocycles. The van der Waals surface area contributed by atoms with Crippen molar-refractivity contribution in [1.82, 2.24) is 19.9 Å². The van der Waals surface area contributed by atoms with Crippen LogP contribution in [0, 0.1) is 12.7 Å². The van der Waals surface area contributed by atoms with Gasteiger partial charge in [-0.1, -0.05) is 46.3 Å². The minimum atomic E-state index is -4.15. The van der Waals surface area contributed by atoms with Crippen molar-refractivity contribution in [1.29, 1.82) is 0 Å². The van der Waals surface area contributed by atoms with Crippen LogP contribution in [0.4, 0.5) is 4.39 Å². The summed E-state index contributed by atoms with van der Waals surface area (Å²) in [5.41, 5.74) is 0.639. The molecule has 1 unspecified atom stereocenters. The zero-order chi connectivity index (χ0) is 18.0. The normalized spacial score (nSPS) is 12.9. The molecular formula is C16H14BrFN4O2S. The number of aromatic nitrogens is 3. The van der Waals surface area contributed by atoms with Gasteiger partial charge in [0.25, 0.3) is 0 Å². The highest BCUT2D eigenvalue weighted by Gasteiger charge is 2.28. The molecule has 25 heavy (non-hydrogen) atoms. The van der Waals surface area contributed by atoms with Crippen LogP contribution in [-0.4, -0.2) is 23.6 Å². The smallest absolute Gasteiger partial charge is 0.244 e. The van der Waals surface area contributed by atoms with Gasteiger partial charge in [-0.15, -0.1) is 0 Å². The van der Waals surface area contributed by atoms with Crippen LogP contribution in [0.2, 0.25) is 0 Å². The Morgan fingerprint density at radius 1 is 1.20 bits per heavy atom. The van der Waals surface area contributed by atoms with Crippen LogP contribution in [0.25, 0.3) is 0 Å². The lowest BCUT2D eigenvalue weighted by atomic mass is 10.1. The minimum Gasteiger partial charge on any atom is -0.263 e. The Bertz CT molecular complexity index is 992. The van der Waals surface area contributed by atoms with E-state index in [9.17, 15) is 12.8 Å². The molecule has 0 aliphatic heterocycles. The number of benzene rings is 2. The Morgan fingerprint density at radius 2 is 1.92 bits per heavy atom. The summed E-state index contributed by atoms with van der Waals surface area (Å²) in [5.74, 6) is -0.0416. The van der Waals surface area contributed by atoms with Gasteiger partial charge < -0.3 is 0 Å². The first kappa shape index (κ1) is 17.7. The molecule has 0 fully saturated rings. The van der Waals surface area contributed by atoms with Crippen molar-refractivity contribution in [2.75, 3.05) is 0 Å². The molecule has 130 valence electrons. The number of sulfonamides is 1. The predicted octanol–water partition coefficient (Wildman–Crippen LogP) is 3.08. The lowest BCUT2D eigenvalue weighted by Gasteiger charge is -2.17. The number of nitrogens with one attached hydrogen (secondary N) is 2. The van der Waals surface area contributed by atoms with Crippen molar-refractivity contribution in [3.63, 3.8) is 0 Å². The summed E-state index contributed by atoms with van der Waals surface area (Å²) in [6.45, 7) is 1.71. The van der Waals surface area contributed by atoms with Gasteiger partial charge in [-0.2, -0.15) is 9.82 Å². The molecule has 0 aliphatic carbocycles. The Labute approximate surface area is 152 Å². The maximum atomic E-state index is 14.0. The third-order valence-electron chi connectivity index (χ3n) is 3.46. The molecular weight excluding hydrogens is 411 g/mol. The lowest BCUT2D eigenvalue weighted by Crippen LogP contribution is -2.31. The molecule has 0 bridgehead atoms. The summed E-state index contributed by atoms with van der Waals surface area (Å²) in [6.07, 6.45) is 0. The molecule has 6 nitrogen and oxygen atoms in total. The first-order valence-corrected chi connectivity index (χ1v) is 9.55. The van der Waals surface area contributed by atoms with Gasteiger partial charge in [-0.05, 0) is 30.7 Å². The van der Waals surface area contributed by atoms with Gasteiger partial charge in [0.05, 0.1) is 0 Å². The fraction of sp³-hybridized carbons (Fsp3) is 0.125. The zero-order valence-corrected chi connectivity index (χ0v) is 15.5. The van der Waals surface area contributed by atoms with E-state index in [0.717, 1.165) is 6.07 Å². The third-order valence-corrected chi connectivity index (χ3v) is 5.39. The molecule has 1 atom stereocenters. The fourth-order valence-corrected chi connectivity index (χ4v) is 4.10. The van der Waals surface area contributed by atoms with Gasteiger partial charge in [0.2, 0.25) is 10.0 Å². The molecule has 0 amide bonds. The van der Waals surface area contributed by atoms with Crippen LogP contribution in [0.15, 0.2) is 57.9 Å².